The number of nitrogens with one attached hydrogen (secondary N) is 1. The van der Waals surface area contributed by atoms with Gasteiger partial charge in [-0.15, -0.1) is 10.2 Å². The molecule has 0 aliphatic carbocycles. The summed E-state index contributed by atoms with van der Waals surface area (Å²) in [7, 11) is 1.60. The number of carbonyl (C=O) groups is 1. The summed E-state index contributed by atoms with van der Waals surface area (Å²) >= 11 is 1.38. The summed E-state index contributed by atoms with van der Waals surface area (Å²) in [4.78, 5) is 11.8. The van der Waals surface area contributed by atoms with Crippen LogP contribution in [-0.2, 0) is 16.1 Å². The Hall–Kier alpha value is -1.12. The van der Waals surface area contributed by atoms with E-state index in [2.05, 4.69) is 15.5 Å². The van der Waals surface area contributed by atoms with E-state index in [1.54, 1.807) is 7.11 Å². The summed E-state index contributed by atoms with van der Waals surface area (Å²) in [6.07, 6.45) is 0. The molecule has 8 heteroatoms. The van der Waals surface area contributed by atoms with Gasteiger partial charge in [-0.3, -0.25) is 4.79 Å². The quantitative estimate of drug-likeness (QED) is 0.507. The van der Waals surface area contributed by atoms with Crippen molar-refractivity contribution >= 4 is 17.7 Å². The minimum Gasteiger partial charge on any atom is -0.383 e. The lowest BCUT2D eigenvalue weighted by Gasteiger charge is -2.12. The summed E-state index contributed by atoms with van der Waals surface area (Å²) in [6.45, 7) is 5.89. The molecule has 0 bridgehead atoms. The number of hydrogen-bond donors (Lipinski definition) is 2. The maximum Gasteiger partial charge on any atom is 0.233 e. The van der Waals surface area contributed by atoms with Crippen molar-refractivity contribution in [3.8, 4) is 0 Å². The van der Waals surface area contributed by atoms with Crippen LogP contribution < -0.4 is 11.1 Å². The van der Waals surface area contributed by atoms with E-state index in [1.165, 1.54) is 11.8 Å². The predicted molar refractivity (Wildman–Crippen MR) is 74.0 cm³/mol. The van der Waals surface area contributed by atoms with Gasteiger partial charge in [-0.1, -0.05) is 11.8 Å². The largest absolute Gasteiger partial charge is 0.383 e. The molecule has 1 aromatic rings. The van der Waals surface area contributed by atoms with Gasteiger partial charge in [0.25, 0.3) is 0 Å². The lowest BCUT2D eigenvalue weighted by atomic mass is 10.4. The molecule has 108 valence electrons. The van der Waals surface area contributed by atoms with Crippen molar-refractivity contribution in [1.82, 2.24) is 20.1 Å². The van der Waals surface area contributed by atoms with Crippen molar-refractivity contribution in [3.05, 3.63) is 5.82 Å². The first-order chi connectivity index (χ1) is 9.10. The Morgan fingerprint density at radius 3 is 2.95 bits per heavy atom. The summed E-state index contributed by atoms with van der Waals surface area (Å²) < 4.78 is 6.80. The van der Waals surface area contributed by atoms with Crippen LogP contribution in [0.3, 0.4) is 0 Å². The first-order valence-corrected chi connectivity index (χ1v) is 7.01. The van der Waals surface area contributed by atoms with Crippen LogP contribution in [-0.4, -0.2) is 52.7 Å². The lowest BCUT2D eigenvalue weighted by molar-refractivity contribution is -0.120. The zero-order chi connectivity index (χ0) is 14.3. The molecule has 1 amide bonds. The van der Waals surface area contributed by atoms with E-state index >= 15 is 0 Å². The van der Waals surface area contributed by atoms with Crippen LogP contribution in [0, 0.1) is 6.92 Å². The van der Waals surface area contributed by atoms with Gasteiger partial charge in [-0.2, -0.15) is 0 Å². The standard InChI is InChI=1S/C11H21N5O2S/c1-8(10(17)13-5-7-18-3)19-11-15-14-9(2)16(11)6-4-12/h8H,4-7,12H2,1-3H3,(H,13,17). The maximum absolute atomic E-state index is 11.8. The number of hydrogen-bond acceptors (Lipinski definition) is 6. The second kappa shape index (κ2) is 8.13. The number of nitrogens with two attached hydrogens (primary N) is 1. The number of ether oxygens (including phenoxy) is 1. The van der Waals surface area contributed by atoms with Gasteiger partial charge < -0.3 is 20.4 Å². The molecule has 0 fully saturated rings. The van der Waals surface area contributed by atoms with Crippen molar-refractivity contribution in [2.45, 2.75) is 30.8 Å². The molecule has 0 spiro atoms. The highest BCUT2D eigenvalue weighted by Crippen LogP contribution is 2.21. The fourth-order valence-corrected chi connectivity index (χ4v) is 2.41. The minimum absolute atomic E-state index is 0.0398. The summed E-state index contributed by atoms with van der Waals surface area (Å²) in [5.41, 5.74) is 5.55. The second-order valence-electron chi connectivity index (χ2n) is 4.01. The molecule has 1 heterocycles. The van der Waals surface area contributed by atoms with Gasteiger partial charge in [0, 0.05) is 26.7 Å². The Morgan fingerprint density at radius 2 is 2.32 bits per heavy atom. The third kappa shape index (κ3) is 4.81. The normalized spacial score (nSPS) is 12.4. The molecule has 7 nitrogen and oxygen atoms in total. The van der Waals surface area contributed by atoms with Crippen molar-refractivity contribution in [1.29, 1.82) is 0 Å². The fourth-order valence-electron chi connectivity index (χ4n) is 1.47. The maximum atomic E-state index is 11.8. The molecule has 0 radical (unpaired) electrons. The van der Waals surface area contributed by atoms with Crippen molar-refractivity contribution in [3.63, 3.8) is 0 Å². The van der Waals surface area contributed by atoms with Crippen molar-refractivity contribution < 1.29 is 9.53 Å². The summed E-state index contributed by atoms with van der Waals surface area (Å²) in [5, 5.41) is 11.4. The molecule has 0 saturated carbocycles. The van der Waals surface area contributed by atoms with Gasteiger partial charge in [-0.05, 0) is 13.8 Å². The van der Waals surface area contributed by atoms with Crippen LogP contribution in [0.25, 0.3) is 0 Å². The van der Waals surface area contributed by atoms with Gasteiger partial charge in [0.1, 0.15) is 5.82 Å². The van der Waals surface area contributed by atoms with Crippen molar-refractivity contribution in [2.75, 3.05) is 26.8 Å². The molecular formula is C11H21N5O2S. The van der Waals surface area contributed by atoms with E-state index in [-0.39, 0.29) is 11.2 Å². The molecule has 19 heavy (non-hydrogen) atoms. The van der Waals surface area contributed by atoms with Crippen molar-refractivity contribution in [2.24, 2.45) is 5.73 Å². The molecule has 0 aliphatic heterocycles. The molecule has 0 aromatic carbocycles. The molecule has 0 aliphatic rings. The highest BCUT2D eigenvalue weighted by atomic mass is 32.2. The number of rotatable bonds is 8. The molecular weight excluding hydrogens is 266 g/mol. The third-order valence-electron chi connectivity index (χ3n) is 2.51. The zero-order valence-corrected chi connectivity index (χ0v) is 12.4. The second-order valence-corrected chi connectivity index (χ2v) is 5.32. The first-order valence-electron chi connectivity index (χ1n) is 6.13. The van der Waals surface area contributed by atoms with E-state index in [0.717, 1.165) is 11.0 Å². The molecule has 1 aromatic heterocycles. The Labute approximate surface area is 117 Å². The van der Waals surface area contributed by atoms with Crippen LogP contribution >= 0.6 is 11.8 Å². The number of thioether (sulfide) groups is 1. The molecule has 3 N–H and O–H groups in total. The highest BCUT2D eigenvalue weighted by Gasteiger charge is 2.18. The molecule has 1 unspecified atom stereocenters. The zero-order valence-electron chi connectivity index (χ0n) is 11.5. The Morgan fingerprint density at radius 1 is 1.58 bits per heavy atom. The number of aromatic nitrogens is 3. The van der Waals surface area contributed by atoms with Crippen LogP contribution in [0.15, 0.2) is 5.16 Å². The Bertz CT molecular complexity index is 410. The number of amides is 1. The van der Waals surface area contributed by atoms with E-state index in [0.29, 0.717) is 26.2 Å². The van der Waals surface area contributed by atoms with E-state index in [4.69, 9.17) is 10.5 Å². The van der Waals surface area contributed by atoms with E-state index < -0.39 is 0 Å². The van der Waals surface area contributed by atoms with Crippen LogP contribution in [0.4, 0.5) is 0 Å². The van der Waals surface area contributed by atoms with E-state index in [1.807, 2.05) is 18.4 Å². The topological polar surface area (TPSA) is 95.1 Å². The molecule has 0 saturated heterocycles. The molecule has 1 rings (SSSR count). The van der Waals surface area contributed by atoms with Gasteiger partial charge in [0.2, 0.25) is 5.91 Å². The fraction of sp³-hybridized carbons (Fsp3) is 0.727. The first kappa shape index (κ1) is 15.9. The summed E-state index contributed by atoms with van der Waals surface area (Å²) in [6, 6.07) is 0. The lowest BCUT2D eigenvalue weighted by Crippen LogP contribution is -2.33. The summed E-state index contributed by atoms with van der Waals surface area (Å²) in [5.74, 6) is 0.766. The van der Waals surface area contributed by atoms with Crippen LogP contribution in [0.1, 0.15) is 12.7 Å². The van der Waals surface area contributed by atoms with Crippen LogP contribution in [0.2, 0.25) is 0 Å². The predicted octanol–water partition coefficient (Wildman–Crippen LogP) is -0.212. The average Bonchev–Trinajstić information content (AvgIpc) is 2.72. The van der Waals surface area contributed by atoms with Gasteiger partial charge in [0.05, 0.1) is 11.9 Å². The average molecular weight is 287 g/mol. The number of nitrogens with zero attached hydrogens (tertiary/aromatic N) is 3. The van der Waals surface area contributed by atoms with Gasteiger partial charge >= 0.3 is 0 Å². The Balaban J connectivity index is 2.56. The third-order valence-corrected chi connectivity index (χ3v) is 3.59. The van der Waals surface area contributed by atoms with Crippen LogP contribution in [0.5, 0.6) is 0 Å². The SMILES string of the molecule is COCCNC(=O)C(C)Sc1nnc(C)n1CCN. The Kier molecular flexibility index (Phi) is 6.82. The monoisotopic (exact) mass is 287 g/mol. The smallest absolute Gasteiger partial charge is 0.233 e. The van der Waals surface area contributed by atoms with Gasteiger partial charge in [-0.25, -0.2) is 0 Å². The van der Waals surface area contributed by atoms with E-state index in [9.17, 15) is 4.79 Å². The number of methoxy groups -OCH3 is 1. The van der Waals surface area contributed by atoms with Gasteiger partial charge in [0.15, 0.2) is 5.16 Å². The number of aryl methyl sites for hydroxylation is 1. The molecule has 1 atom stereocenters. The highest BCUT2D eigenvalue weighted by molar-refractivity contribution is 8.00. The number of carbonyl (C=O) groups excluding carboxylic acids is 1. The minimum atomic E-state index is -0.239.